The molecule has 0 radical (unpaired) electrons. The molecule has 0 unspecified atom stereocenters. The molecule has 2 aromatic rings. The van der Waals surface area contributed by atoms with Crippen LogP contribution in [0.2, 0.25) is 0 Å². The number of aromatic hydroxyl groups is 1. The standard InChI is InChI=1S/C16H12BrNO2/c1-9(10-3-2-4-12(19)7-10)15-13-8-11(17)5-6-14(13)18-16(15)20/h2-8,19H,1H3,(H,18,20)/b15-9+. The third-order valence-corrected chi connectivity index (χ3v) is 3.87. The number of nitrogens with one attached hydrogen (secondary N) is 1. The van der Waals surface area contributed by atoms with Crippen molar-refractivity contribution < 1.29 is 9.90 Å². The summed E-state index contributed by atoms with van der Waals surface area (Å²) in [7, 11) is 0. The minimum absolute atomic E-state index is 0.112. The maximum absolute atomic E-state index is 12.2. The van der Waals surface area contributed by atoms with Gasteiger partial charge in [-0.1, -0.05) is 28.1 Å². The molecular formula is C16H12BrNO2. The molecule has 0 fully saturated rings. The highest BCUT2D eigenvalue weighted by Crippen LogP contribution is 2.38. The van der Waals surface area contributed by atoms with E-state index in [2.05, 4.69) is 21.2 Å². The Kier molecular flexibility index (Phi) is 3.10. The number of carbonyl (C=O) groups excluding carboxylic acids is 1. The normalized spacial score (nSPS) is 15.8. The van der Waals surface area contributed by atoms with Gasteiger partial charge in [-0.05, 0) is 48.4 Å². The number of benzene rings is 2. The van der Waals surface area contributed by atoms with Crippen LogP contribution in [-0.2, 0) is 4.79 Å². The Balaban J connectivity index is 2.21. The van der Waals surface area contributed by atoms with E-state index in [1.807, 2.05) is 31.2 Å². The predicted octanol–water partition coefficient (Wildman–Crippen LogP) is 4.04. The van der Waals surface area contributed by atoms with Gasteiger partial charge >= 0.3 is 0 Å². The number of phenols is 1. The van der Waals surface area contributed by atoms with Gasteiger partial charge in [0.25, 0.3) is 5.91 Å². The lowest BCUT2D eigenvalue weighted by Crippen LogP contribution is -2.05. The van der Waals surface area contributed by atoms with E-state index in [1.165, 1.54) is 0 Å². The number of phenolic OH excluding ortho intramolecular Hbond substituents is 1. The highest BCUT2D eigenvalue weighted by molar-refractivity contribution is 9.10. The fourth-order valence-corrected chi connectivity index (χ4v) is 2.76. The number of carbonyl (C=O) groups is 1. The zero-order valence-electron chi connectivity index (χ0n) is 10.8. The Morgan fingerprint density at radius 2 is 2.00 bits per heavy atom. The van der Waals surface area contributed by atoms with Gasteiger partial charge in [0.15, 0.2) is 0 Å². The number of hydrogen-bond acceptors (Lipinski definition) is 2. The van der Waals surface area contributed by atoms with Gasteiger partial charge in [0, 0.05) is 15.7 Å². The fourth-order valence-electron chi connectivity index (χ4n) is 2.40. The van der Waals surface area contributed by atoms with Crippen LogP contribution >= 0.6 is 15.9 Å². The molecule has 1 aliphatic rings. The van der Waals surface area contributed by atoms with Gasteiger partial charge in [-0.25, -0.2) is 0 Å². The van der Waals surface area contributed by atoms with Gasteiger partial charge in [0.2, 0.25) is 0 Å². The van der Waals surface area contributed by atoms with Crippen LogP contribution in [0, 0.1) is 0 Å². The molecule has 4 heteroatoms. The summed E-state index contributed by atoms with van der Waals surface area (Å²) in [5.41, 5.74) is 4.02. The molecule has 1 heterocycles. The van der Waals surface area contributed by atoms with Gasteiger partial charge in [-0.2, -0.15) is 0 Å². The van der Waals surface area contributed by atoms with Crippen molar-refractivity contribution in [3.05, 3.63) is 58.1 Å². The van der Waals surface area contributed by atoms with Crippen LogP contribution in [0.5, 0.6) is 5.75 Å². The second-order valence-corrected chi connectivity index (χ2v) is 5.61. The summed E-state index contributed by atoms with van der Waals surface area (Å²) in [5, 5.41) is 12.4. The van der Waals surface area contributed by atoms with Crippen molar-refractivity contribution in [2.75, 3.05) is 5.32 Å². The Hall–Kier alpha value is -2.07. The van der Waals surface area contributed by atoms with Crippen LogP contribution in [0.1, 0.15) is 18.1 Å². The van der Waals surface area contributed by atoms with Crippen molar-refractivity contribution in [3.63, 3.8) is 0 Å². The minimum Gasteiger partial charge on any atom is -0.508 e. The second kappa shape index (κ2) is 4.80. The summed E-state index contributed by atoms with van der Waals surface area (Å²) in [6.07, 6.45) is 0. The van der Waals surface area contributed by atoms with E-state index >= 15 is 0 Å². The van der Waals surface area contributed by atoms with Crippen molar-refractivity contribution in [1.82, 2.24) is 0 Å². The first kappa shape index (κ1) is 12.9. The number of amides is 1. The van der Waals surface area contributed by atoms with E-state index < -0.39 is 0 Å². The van der Waals surface area contributed by atoms with Crippen LogP contribution in [0.3, 0.4) is 0 Å². The molecule has 1 amide bonds. The Morgan fingerprint density at radius 1 is 1.20 bits per heavy atom. The molecule has 0 saturated carbocycles. The molecule has 0 spiro atoms. The Bertz CT molecular complexity index is 750. The van der Waals surface area contributed by atoms with E-state index in [9.17, 15) is 9.90 Å². The second-order valence-electron chi connectivity index (χ2n) is 4.69. The molecule has 20 heavy (non-hydrogen) atoms. The third-order valence-electron chi connectivity index (χ3n) is 3.38. The summed E-state index contributed by atoms with van der Waals surface area (Å²) in [6.45, 7) is 1.89. The molecule has 100 valence electrons. The third kappa shape index (κ3) is 2.12. The van der Waals surface area contributed by atoms with Crippen molar-refractivity contribution in [2.45, 2.75) is 6.92 Å². The van der Waals surface area contributed by atoms with Gasteiger partial charge < -0.3 is 10.4 Å². The number of halogens is 1. The highest BCUT2D eigenvalue weighted by Gasteiger charge is 2.26. The first-order valence-electron chi connectivity index (χ1n) is 6.18. The topological polar surface area (TPSA) is 49.3 Å². The smallest absolute Gasteiger partial charge is 0.256 e. The lowest BCUT2D eigenvalue weighted by Gasteiger charge is -2.07. The van der Waals surface area contributed by atoms with Gasteiger partial charge in [0.05, 0.1) is 5.57 Å². The maximum Gasteiger partial charge on any atom is 0.256 e. The molecule has 0 aromatic heterocycles. The van der Waals surface area contributed by atoms with Crippen molar-refractivity contribution in [2.24, 2.45) is 0 Å². The molecule has 0 bridgehead atoms. The van der Waals surface area contributed by atoms with Crippen molar-refractivity contribution in [3.8, 4) is 5.75 Å². The molecular weight excluding hydrogens is 318 g/mol. The number of rotatable bonds is 1. The van der Waals surface area contributed by atoms with Gasteiger partial charge in [-0.3, -0.25) is 4.79 Å². The molecule has 3 rings (SSSR count). The van der Waals surface area contributed by atoms with Crippen LogP contribution in [0.25, 0.3) is 11.1 Å². The number of allylic oxidation sites excluding steroid dienone is 1. The van der Waals surface area contributed by atoms with Crippen LogP contribution in [0.4, 0.5) is 5.69 Å². The van der Waals surface area contributed by atoms with E-state index in [0.29, 0.717) is 5.57 Å². The maximum atomic E-state index is 12.2. The lowest BCUT2D eigenvalue weighted by atomic mass is 9.96. The monoisotopic (exact) mass is 329 g/mol. The number of anilines is 1. The molecule has 1 aliphatic heterocycles. The minimum atomic E-state index is -0.112. The molecule has 0 atom stereocenters. The molecule has 2 aromatic carbocycles. The summed E-state index contributed by atoms with van der Waals surface area (Å²) >= 11 is 3.43. The van der Waals surface area contributed by atoms with Crippen LogP contribution in [-0.4, -0.2) is 11.0 Å². The van der Waals surface area contributed by atoms with Crippen LogP contribution in [0.15, 0.2) is 46.9 Å². The summed E-state index contributed by atoms with van der Waals surface area (Å²) in [5.74, 6) is 0.0780. The van der Waals surface area contributed by atoms with Crippen molar-refractivity contribution >= 4 is 38.7 Å². The number of fused-ring (bicyclic) bond motifs is 1. The lowest BCUT2D eigenvalue weighted by molar-refractivity contribution is -0.110. The average Bonchev–Trinajstić information content (AvgIpc) is 2.73. The van der Waals surface area contributed by atoms with Gasteiger partial charge in [0.1, 0.15) is 5.75 Å². The average molecular weight is 330 g/mol. The summed E-state index contributed by atoms with van der Waals surface area (Å²) in [4.78, 5) is 12.2. The largest absolute Gasteiger partial charge is 0.508 e. The zero-order valence-corrected chi connectivity index (χ0v) is 12.4. The fraction of sp³-hybridized carbons (Fsp3) is 0.0625. The quantitative estimate of drug-likeness (QED) is 0.776. The zero-order chi connectivity index (χ0) is 14.3. The van der Waals surface area contributed by atoms with E-state index in [1.54, 1.807) is 18.2 Å². The summed E-state index contributed by atoms with van der Waals surface area (Å²) in [6, 6.07) is 12.6. The molecule has 3 nitrogen and oxygen atoms in total. The number of hydrogen-bond donors (Lipinski definition) is 2. The van der Waals surface area contributed by atoms with E-state index in [-0.39, 0.29) is 11.7 Å². The van der Waals surface area contributed by atoms with Crippen molar-refractivity contribution in [1.29, 1.82) is 0 Å². The Labute approximate surface area is 125 Å². The Morgan fingerprint density at radius 3 is 2.75 bits per heavy atom. The molecule has 0 saturated heterocycles. The molecule has 0 aliphatic carbocycles. The van der Waals surface area contributed by atoms with E-state index in [0.717, 1.165) is 26.9 Å². The first-order valence-corrected chi connectivity index (χ1v) is 6.97. The molecule has 2 N–H and O–H groups in total. The SMILES string of the molecule is C/C(=C1\C(=O)Nc2ccc(Br)cc21)c1cccc(O)c1. The van der Waals surface area contributed by atoms with E-state index in [4.69, 9.17) is 0 Å². The highest BCUT2D eigenvalue weighted by atomic mass is 79.9. The summed E-state index contributed by atoms with van der Waals surface area (Å²) < 4.78 is 0.925. The van der Waals surface area contributed by atoms with Gasteiger partial charge in [-0.15, -0.1) is 0 Å². The first-order chi connectivity index (χ1) is 9.56. The predicted molar refractivity (Wildman–Crippen MR) is 83.4 cm³/mol. The van der Waals surface area contributed by atoms with Crippen LogP contribution < -0.4 is 5.32 Å².